The number of piperidine rings is 1. The summed E-state index contributed by atoms with van der Waals surface area (Å²) in [6.45, 7) is 8.91. The van der Waals surface area contributed by atoms with Gasteiger partial charge in [-0.2, -0.15) is 0 Å². The van der Waals surface area contributed by atoms with E-state index in [0.29, 0.717) is 17.4 Å². The highest BCUT2D eigenvalue weighted by molar-refractivity contribution is 5.77. The lowest BCUT2D eigenvalue weighted by molar-refractivity contribution is -0.143. The maximum absolute atomic E-state index is 11.9. The van der Waals surface area contributed by atoms with Crippen molar-refractivity contribution in [3.05, 3.63) is 0 Å². The third-order valence-electron chi connectivity index (χ3n) is 8.45. The normalized spacial score (nSPS) is 48.8. The van der Waals surface area contributed by atoms with Gasteiger partial charge in [-0.1, -0.05) is 20.8 Å². The van der Waals surface area contributed by atoms with Gasteiger partial charge in [-0.05, 0) is 87.4 Å². The summed E-state index contributed by atoms with van der Waals surface area (Å²) in [5.41, 5.74) is 0.587. The van der Waals surface area contributed by atoms with E-state index in [1.807, 2.05) is 21.0 Å². The highest BCUT2D eigenvalue weighted by Crippen LogP contribution is 2.62. The second kappa shape index (κ2) is 7.21. The molecule has 0 radical (unpaired) electrons. The predicted molar refractivity (Wildman–Crippen MR) is 102 cm³/mol. The number of methoxy groups -OCH3 is 1. The Morgan fingerprint density at radius 2 is 1.76 bits per heavy atom. The molecule has 4 aliphatic rings. The molecule has 3 heteroatoms. The molecular formula is C22H39NO2. The molecule has 0 aromatic rings. The van der Waals surface area contributed by atoms with Crippen molar-refractivity contribution < 1.29 is 9.53 Å². The fourth-order valence-corrected chi connectivity index (χ4v) is 7.11. The predicted octanol–water partition coefficient (Wildman–Crippen LogP) is 4.94. The van der Waals surface area contributed by atoms with Crippen LogP contribution in [0.15, 0.2) is 0 Å². The van der Waals surface area contributed by atoms with Crippen molar-refractivity contribution in [2.24, 2.45) is 29.1 Å². The molecule has 1 aliphatic heterocycles. The molecule has 4 fully saturated rings. The Balaban J connectivity index is 0.000000880. The van der Waals surface area contributed by atoms with Crippen molar-refractivity contribution in [2.75, 3.05) is 7.11 Å². The van der Waals surface area contributed by atoms with E-state index in [2.05, 4.69) is 19.2 Å². The zero-order valence-electron chi connectivity index (χ0n) is 17.1. The van der Waals surface area contributed by atoms with Crippen LogP contribution in [0.1, 0.15) is 85.5 Å². The second-order valence-electron chi connectivity index (χ2n) is 9.33. The summed E-state index contributed by atoms with van der Waals surface area (Å²) in [7, 11) is 1.88. The highest BCUT2D eigenvalue weighted by atomic mass is 16.5. The van der Waals surface area contributed by atoms with E-state index in [-0.39, 0.29) is 11.4 Å². The van der Waals surface area contributed by atoms with Crippen LogP contribution in [0, 0.1) is 29.1 Å². The first-order valence-corrected chi connectivity index (χ1v) is 10.8. The van der Waals surface area contributed by atoms with Crippen LogP contribution in [-0.2, 0) is 9.53 Å². The van der Waals surface area contributed by atoms with E-state index >= 15 is 0 Å². The lowest BCUT2D eigenvalue weighted by atomic mass is 9.45. The number of rotatable bonds is 1. The minimum absolute atomic E-state index is 0.0728. The second-order valence-corrected chi connectivity index (χ2v) is 9.33. The Morgan fingerprint density at radius 3 is 2.48 bits per heavy atom. The third-order valence-corrected chi connectivity index (χ3v) is 8.45. The minimum Gasteiger partial charge on any atom is -0.381 e. The molecule has 0 aromatic heterocycles. The van der Waals surface area contributed by atoms with Crippen molar-refractivity contribution in [1.29, 1.82) is 0 Å². The molecule has 0 spiro atoms. The van der Waals surface area contributed by atoms with E-state index in [1.165, 1.54) is 44.9 Å². The van der Waals surface area contributed by atoms with Gasteiger partial charge in [-0.25, -0.2) is 0 Å². The number of hydrogen-bond donors (Lipinski definition) is 1. The molecule has 2 unspecified atom stereocenters. The average molecular weight is 350 g/mol. The number of amides is 1. The Labute approximate surface area is 154 Å². The van der Waals surface area contributed by atoms with Crippen LogP contribution in [0.4, 0.5) is 0 Å². The Morgan fingerprint density at radius 1 is 1.00 bits per heavy atom. The summed E-state index contributed by atoms with van der Waals surface area (Å²) in [5.74, 6) is 3.53. The summed E-state index contributed by atoms with van der Waals surface area (Å²) in [6, 6.07) is 0. The monoisotopic (exact) mass is 349 g/mol. The molecule has 7 atom stereocenters. The van der Waals surface area contributed by atoms with Gasteiger partial charge in [-0.15, -0.1) is 0 Å². The van der Waals surface area contributed by atoms with Crippen LogP contribution in [0.5, 0.6) is 0 Å². The molecule has 1 heterocycles. The van der Waals surface area contributed by atoms with Crippen LogP contribution in [0.25, 0.3) is 0 Å². The maximum atomic E-state index is 11.9. The molecule has 3 nitrogen and oxygen atoms in total. The van der Waals surface area contributed by atoms with E-state index in [0.717, 1.165) is 30.6 Å². The Hall–Kier alpha value is -0.570. The van der Waals surface area contributed by atoms with Gasteiger partial charge in [0.15, 0.2) is 0 Å². The quantitative estimate of drug-likeness (QED) is 0.728. The molecule has 25 heavy (non-hydrogen) atoms. The zero-order valence-corrected chi connectivity index (χ0v) is 17.1. The van der Waals surface area contributed by atoms with Crippen LogP contribution in [-0.4, -0.2) is 24.7 Å². The largest absolute Gasteiger partial charge is 0.381 e. The molecule has 3 aliphatic carbocycles. The SMILES string of the molecule is CC.COC1CC[C@@]2(C)[C@@H](CCC3[C@@H]2CC[C@]2(C)NC(=O)CC[C@@H]32)C1. The van der Waals surface area contributed by atoms with E-state index in [4.69, 9.17) is 4.74 Å². The lowest BCUT2D eigenvalue weighted by Gasteiger charge is -2.62. The molecule has 0 bridgehead atoms. The number of carbonyl (C=O) groups is 1. The standard InChI is InChI=1S/C20H33NO2.C2H6/c1-19-10-8-14(23-3)12-13(19)4-5-15-16(19)9-11-20(2)17(15)6-7-18(22)21-20;1-2/h13-17H,4-12H2,1-3H3,(H,21,22);1-2H3/t13-,14?,15?,16-,17-,19-,20-;/m0./s1. The van der Waals surface area contributed by atoms with Gasteiger partial charge < -0.3 is 10.1 Å². The van der Waals surface area contributed by atoms with Crippen LogP contribution >= 0.6 is 0 Å². The topological polar surface area (TPSA) is 38.3 Å². The van der Waals surface area contributed by atoms with Crippen molar-refractivity contribution in [3.8, 4) is 0 Å². The molecule has 3 saturated carbocycles. The smallest absolute Gasteiger partial charge is 0.220 e. The number of carbonyl (C=O) groups excluding carboxylic acids is 1. The number of hydrogen-bond acceptors (Lipinski definition) is 2. The van der Waals surface area contributed by atoms with Crippen molar-refractivity contribution >= 4 is 5.91 Å². The summed E-state index contributed by atoms with van der Waals surface area (Å²) in [6.07, 6.45) is 11.4. The first-order chi connectivity index (χ1) is 12.0. The molecule has 1 saturated heterocycles. The van der Waals surface area contributed by atoms with Gasteiger partial charge in [0, 0.05) is 19.1 Å². The maximum Gasteiger partial charge on any atom is 0.220 e. The zero-order chi connectivity index (χ0) is 18.2. The van der Waals surface area contributed by atoms with E-state index in [9.17, 15) is 4.79 Å². The van der Waals surface area contributed by atoms with E-state index < -0.39 is 0 Å². The lowest BCUT2D eigenvalue weighted by Crippen LogP contribution is -2.63. The summed E-state index contributed by atoms with van der Waals surface area (Å²) >= 11 is 0. The molecular weight excluding hydrogens is 310 g/mol. The fourth-order valence-electron chi connectivity index (χ4n) is 7.11. The summed E-state index contributed by atoms with van der Waals surface area (Å²) in [4.78, 5) is 11.9. The number of nitrogens with one attached hydrogen (secondary N) is 1. The molecule has 1 amide bonds. The average Bonchev–Trinajstić information content (AvgIpc) is 2.61. The fraction of sp³-hybridized carbons (Fsp3) is 0.955. The van der Waals surface area contributed by atoms with Gasteiger partial charge in [0.05, 0.1) is 6.10 Å². The van der Waals surface area contributed by atoms with Gasteiger partial charge >= 0.3 is 0 Å². The summed E-state index contributed by atoms with van der Waals surface area (Å²) < 4.78 is 5.69. The number of fused-ring (bicyclic) bond motifs is 5. The van der Waals surface area contributed by atoms with Crippen molar-refractivity contribution in [1.82, 2.24) is 5.32 Å². The van der Waals surface area contributed by atoms with Crippen LogP contribution in [0.3, 0.4) is 0 Å². The van der Waals surface area contributed by atoms with Gasteiger partial charge in [0.1, 0.15) is 0 Å². The third kappa shape index (κ3) is 3.15. The highest BCUT2D eigenvalue weighted by Gasteiger charge is 2.57. The van der Waals surface area contributed by atoms with Gasteiger partial charge in [0.25, 0.3) is 0 Å². The van der Waals surface area contributed by atoms with Crippen molar-refractivity contribution in [2.45, 2.75) is 97.1 Å². The number of ether oxygens (including phenoxy) is 1. The first-order valence-electron chi connectivity index (χ1n) is 10.8. The summed E-state index contributed by atoms with van der Waals surface area (Å²) in [5, 5.41) is 3.37. The van der Waals surface area contributed by atoms with Crippen molar-refractivity contribution in [3.63, 3.8) is 0 Å². The molecule has 0 aromatic carbocycles. The van der Waals surface area contributed by atoms with Crippen LogP contribution in [0.2, 0.25) is 0 Å². The molecule has 144 valence electrons. The minimum atomic E-state index is 0.0728. The van der Waals surface area contributed by atoms with Gasteiger partial charge in [-0.3, -0.25) is 4.79 Å². The van der Waals surface area contributed by atoms with Crippen LogP contribution < -0.4 is 5.32 Å². The van der Waals surface area contributed by atoms with E-state index in [1.54, 1.807) is 0 Å². The van der Waals surface area contributed by atoms with Gasteiger partial charge in [0.2, 0.25) is 5.91 Å². The Kier molecular flexibility index (Phi) is 5.54. The first kappa shape index (κ1) is 19.2. The molecule has 1 N–H and O–H groups in total. The Bertz CT molecular complexity index is 492. The molecule has 4 rings (SSSR count).